The smallest absolute Gasteiger partial charge is 0.211 e. The van der Waals surface area contributed by atoms with E-state index >= 15 is 0 Å². The number of hydrogen-bond acceptors (Lipinski definition) is 6. The summed E-state index contributed by atoms with van der Waals surface area (Å²) >= 11 is 1.26. The maximum atomic E-state index is 14.3. The lowest BCUT2D eigenvalue weighted by atomic mass is 10.1. The maximum absolute atomic E-state index is 14.3. The standard InChI is InChI=1S/C24H21F2N3O3S/c1-14-5-9-22(32-14)15(2)28-29-21(18-12-17(30-3)7-10-23(18)31-4)13-33-24(29)27-20-8-6-16(25)11-19(20)26/h5-13H,1-4H3. The molecule has 33 heavy (non-hydrogen) atoms. The number of furan rings is 1. The summed E-state index contributed by atoms with van der Waals surface area (Å²) in [5, 5.41) is 6.55. The van der Waals surface area contributed by atoms with E-state index in [9.17, 15) is 8.78 Å². The van der Waals surface area contributed by atoms with Crippen molar-refractivity contribution in [1.82, 2.24) is 4.68 Å². The molecule has 4 rings (SSSR count). The molecule has 0 atom stereocenters. The fourth-order valence-corrected chi connectivity index (χ4v) is 4.01. The molecule has 0 N–H and O–H groups in total. The van der Waals surface area contributed by atoms with Crippen LogP contribution < -0.4 is 14.3 Å². The highest BCUT2D eigenvalue weighted by atomic mass is 32.1. The molecule has 0 amide bonds. The number of aromatic nitrogens is 1. The van der Waals surface area contributed by atoms with E-state index in [4.69, 9.17) is 19.0 Å². The van der Waals surface area contributed by atoms with Crippen LogP contribution in [-0.4, -0.2) is 24.6 Å². The predicted octanol–water partition coefficient (Wildman–Crippen LogP) is 5.92. The van der Waals surface area contributed by atoms with E-state index < -0.39 is 11.6 Å². The van der Waals surface area contributed by atoms with Crippen molar-refractivity contribution in [2.45, 2.75) is 13.8 Å². The van der Waals surface area contributed by atoms with Crippen LogP contribution in [0, 0.1) is 18.6 Å². The molecule has 4 aromatic rings. The second kappa shape index (κ2) is 9.41. The summed E-state index contributed by atoms with van der Waals surface area (Å²) in [5.74, 6) is 1.14. The Morgan fingerprint density at radius 1 is 1.03 bits per heavy atom. The van der Waals surface area contributed by atoms with Crippen molar-refractivity contribution < 1.29 is 22.7 Å². The Balaban J connectivity index is 1.96. The van der Waals surface area contributed by atoms with E-state index in [1.54, 1.807) is 38.0 Å². The molecule has 0 aliphatic rings. The lowest BCUT2D eigenvalue weighted by Crippen LogP contribution is -2.14. The molecular formula is C24H21F2N3O3S. The summed E-state index contributed by atoms with van der Waals surface area (Å²) in [5.41, 5.74) is 1.95. The molecule has 0 fully saturated rings. The zero-order chi connectivity index (χ0) is 23.5. The van der Waals surface area contributed by atoms with Crippen LogP contribution >= 0.6 is 11.3 Å². The van der Waals surface area contributed by atoms with Crippen molar-refractivity contribution >= 4 is 22.7 Å². The molecule has 0 unspecified atom stereocenters. The lowest BCUT2D eigenvalue weighted by Gasteiger charge is -2.11. The van der Waals surface area contributed by atoms with Gasteiger partial charge in [0.1, 0.15) is 40.2 Å². The van der Waals surface area contributed by atoms with E-state index in [2.05, 4.69) is 4.99 Å². The molecular weight excluding hydrogens is 448 g/mol. The molecule has 2 aromatic carbocycles. The van der Waals surface area contributed by atoms with Gasteiger partial charge in [0, 0.05) is 17.0 Å². The Hall–Kier alpha value is -3.72. The van der Waals surface area contributed by atoms with Gasteiger partial charge in [-0.2, -0.15) is 5.10 Å². The van der Waals surface area contributed by atoms with Crippen LogP contribution in [0.3, 0.4) is 0 Å². The second-order valence-electron chi connectivity index (χ2n) is 7.08. The van der Waals surface area contributed by atoms with Crippen molar-refractivity contribution in [2.24, 2.45) is 10.1 Å². The minimum atomic E-state index is -0.766. The van der Waals surface area contributed by atoms with Crippen molar-refractivity contribution in [1.29, 1.82) is 0 Å². The number of hydrogen-bond donors (Lipinski definition) is 0. The maximum Gasteiger partial charge on any atom is 0.211 e. The summed E-state index contributed by atoms with van der Waals surface area (Å²) in [6.45, 7) is 3.65. The van der Waals surface area contributed by atoms with Crippen LogP contribution in [0.15, 0.2) is 68.4 Å². The number of methoxy groups -OCH3 is 2. The first-order valence-corrected chi connectivity index (χ1v) is 10.8. The van der Waals surface area contributed by atoms with Crippen molar-refractivity contribution in [3.63, 3.8) is 0 Å². The van der Waals surface area contributed by atoms with Crippen LogP contribution in [0.2, 0.25) is 0 Å². The molecule has 170 valence electrons. The number of ether oxygens (including phenoxy) is 2. The molecule has 9 heteroatoms. The van der Waals surface area contributed by atoms with Gasteiger partial charge in [-0.15, -0.1) is 11.3 Å². The predicted molar refractivity (Wildman–Crippen MR) is 123 cm³/mol. The highest BCUT2D eigenvalue weighted by Crippen LogP contribution is 2.34. The lowest BCUT2D eigenvalue weighted by molar-refractivity contribution is 0.404. The van der Waals surface area contributed by atoms with Gasteiger partial charge in [0.05, 0.1) is 19.9 Å². The van der Waals surface area contributed by atoms with E-state index in [-0.39, 0.29) is 5.69 Å². The summed E-state index contributed by atoms with van der Waals surface area (Å²) < 4.78 is 45.9. The van der Waals surface area contributed by atoms with Crippen molar-refractivity contribution in [3.05, 3.63) is 81.9 Å². The number of aryl methyl sites for hydroxylation is 1. The third kappa shape index (κ3) is 4.73. The number of thiazole rings is 1. The van der Waals surface area contributed by atoms with Crippen LogP contribution in [0.4, 0.5) is 14.5 Å². The van der Waals surface area contributed by atoms with Gasteiger partial charge in [0.2, 0.25) is 4.80 Å². The molecule has 2 aromatic heterocycles. The molecule has 0 spiro atoms. The van der Waals surface area contributed by atoms with Crippen LogP contribution in [0.1, 0.15) is 18.4 Å². The Labute approximate surface area is 193 Å². The van der Waals surface area contributed by atoms with Gasteiger partial charge in [-0.3, -0.25) is 0 Å². The molecule has 6 nitrogen and oxygen atoms in total. The summed E-state index contributed by atoms with van der Waals surface area (Å²) in [6.07, 6.45) is 0. The minimum Gasteiger partial charge on any atom is -0.497 e. The first kappa shape index (κ1) is 22.5. The fraction of sp³-hybridized carbons (Fsp3) is 0.167. The monoisotopic (exact) mass is 469 g/mol. The van der Waals surface area contributed by atoms with E-state index in [1.165, 1.54) is 17.4 Å². The van der Waals surface area contributed by atoms with Gasteiger partial charge in [0.25, 0.3) is 0 Å². The summed E-state index contributed by atoms with van der Waals surface area (Å²) in [4.78, 5) is 4.79. The van der Waals surface area contributed by atoms with Gasteiger partial charge in [-0.1, -0.05) is 0 Å². The van der Waals surface area contributed by atoms with E-state index in [0.717, 1.165) is 17.9 Å². The molecule has 0 radical (unpaired) electrons. The summed E-state index contributed by atoms with van der Waals surface area (Å²) in [6, 6.07) is 12.3. The molecule has 0 bridgehead atoms. The van der Waals surface area contributed by atoms with Gasteiger partial charge in [0.15, 0.2) is 5.82 Å². The van der Waals surface area contributed by atoms with Crippen molar-refractivity contribution in [2.75, 3.05) is 14.2 Å². The zero-order valence-electron chi connectivity index (χ0n) is 18.4. The van der Waals surface area contributed by atoms with Crippen LogP contribution in [0.25, 0.3) is 11.3 Å². The van der Waals surface area contributed by atoms with Gasteiger partial charge in [-0.05, 0) is 56.3 Å². The molecule has 0 saturated heterocycles. The second-order valence-corrected chi connectivity index (χ2v) is 7.92. The number of rotatable bonds is 6. The van der Waals surface area contributed by atoms with E-state index in [1.807, 2.05) is 30.5 Å². The van der Waals surface area contributed by atoms with Gasteiger partial charge < -0.3 is 13.9 Å². The zero-order valence-corrected chi connectivity index (χ0v) is 19.2. The largest absolute Gasteiger partial charge is 0.497 e. The van der Waals surface area contributed by atoms with Crippen LogP contribution in [0.5, 0.6) is 11.5 Å². The highest BCUT2D eigenvalue weighted by molar-refractivity contribution is 7.07. The number of benzene rings is 2. The van der Waals surface area contributed by atoms with Crippen LogP contribution in [-0.2, 0) is 0 Å². The normalized spacial score (nSPS) is 12.3. The third-order valence-electron chi connectivity index (χ3n) is 4.84. The highest BCUT2D eigenvalue weighted by Gasteiger charge is 2.16. The summed E-state index contributed by atoms with van der Waals surface area (Å²) in [7, 11) is 3.15. The Kier molecular flexibility index (Phi) is 6.41. The molecule has 0 saturated carbocycles. The SMILES string of the molecule is COc1ccc(OC)c(-c2csc(=Nc3ccc(F)cc3F)n2N=C(C)c2ccc(C)o2)c1. The van der Waals surface area contributed by atoms with E-state index in [0.29, 0.717) is 39.0 Å². The first-order chi connectivity index (χ1) is 15.9. The fourth-order valence-electron chi connectivity index (χ4n) is 3.18. The first-order valence-electron chi connectivity index (χ1n) is 9.94. The van der Waals surface area contributed by atoms with Gasteiger partial charge in [-0.25, -0.2) is 18.4 Å². The van der Waals surface area contributed by atoms with Gasteiger partial charge >= 0.3 is 0 Å². The van der Waals surface area contributed by atoms with Crippen molar-refractivity contribution in [3.8, 4) is 22.8 Å². The molecule has 2 heterocycles. The topological polar surface area (TPSA) is 61.2 Å². The average molecular weight is 470 g/mol. The minimum absolute atomic E-state index is 0.00199. The molecule has 0 aliphatic heterocycles. The quantitative estimate of drug-likeness (QED) is 0.330. The Morgan fingerprint density at radius 2 is 1.85 bits per heavy atom. The number of halogens is 2. The number of nitrogens with zero attached hydrogens (tertiary/aromatic N) is 3. The Bertz CT molecular complexity index is 1400. The Morgan fingerprint density at radius 3 is 2.52 bits per heavy atom. The average Bonchev–Trinajstić information content (AvgIpc) is 3.41. The molecule has 0 aliphatic carbocycles. The third-order valence-corrected chi connectivity index (χ3v) is 5.66.